The van der Waals surface area contributed by atoms with Gasteiger partial charge in [-0.15, -0.1) is 12.4 Å². The highest BCUT2D eigenvalue weighted by Gasteiger charge is 2.28. The minimum Gasteiger partial charge on any atom is -0.484 e. The molecule has 1 heterocycles. The van der Waals surface area contributed by atoms with E-state index in [2.05, 4.69) is 15.4 Å². The summed E-state index contributed by atoms with van der Waals surface area (Å²) in [6.45, 7) is 0.882. The van der Waals surface area contributed by atoms with Crippen molar-refractivity contribution in [3.63, 3.8) is 0 Å². The van der Waals surface area contributed by atoms with Crippen LogP contribution in [0, 0.1) is 5.92 Å². The number of rotatable bonds is 6. The molecule has 1 fully saturated rings. The number of carbonyl (C=O) groups excluding carboxylic acids is 1. The maximum atomic E-state index is 12.0. The Labute approximate surface area is 139 Å². The van der Waals surface area contributed by atoms with Gasteiger partial charge in [0.25, 0.3) is 0 Å². The van der Waals surface area contributed by atoms with Crippen LogP contribution in [0.3, 0.4) is 0 Å². The fourth-order valence-corrected chi connectivity index (χ4v) is 2.29. The lowest BCUT2D eigenvalue weighted by atomic mass is 10.0. The smallest absolute Gasteiger partial charge is 0.422 e. The van der Waals surface area contributed by atoms with E-state index in [9.17, 15) is 18.0 Å². The zero-order chi connectivity index (χ0) is 16.0. The molecule has 2 rings (SSSR count). The van der Waals surface area contributed by atoms with E-state index in [4.69, 9.17) is 0 Å². The number of hydrogen-bond acceptors (Lipinski definition) is 3. The summed E-state index contributed by atoms with van der Waals surface area (Å²) in [7, 11) is 0. The van der Waals surface area contributed by atoms with Gasteiger partial charge in [-0.1, -0.05) is 12.1 Å². The van der Waals surface area contributed by atoms with Crippen LogP contribution in [0.1, 0.15) is 18.4 Å². The van der Waals surface area contributed by atoms with Crippen molar-refractivity contribution in [1.82, 2.24) is 10.6 Å². The van der Waals surface area contributed by atoms with Crippen LogP contribution < -0.4 is 15.4 Å². The molecule has 1 unspecified atom stereocenters. The molecule has 1 aliphatic heterocycles. The molecule has 0 radical (unpaired) electrons. The summed E-state index contributed by atoms with van der Waals surface area (Å²) in [5.41, 5.74) is 0.817. The molecule has 1 saturated heterocycles. The quantitative estimate of drug-likeness (QED) is 0.827. The van der Waals surface area contributed by atoms with Crippen molar-refractivity contribution >= 4 is 18.3 Å². The van der Waals surface area contributed by atoms with Gasteiger partial charge in [0.1, 0.15) is 5.75 Å². The van der Waals surface area contributed by atoms with Gasteiger partial charge in [0, 0.05) is 13.0 Å². The Morgan fingerprint density at radius 2 is 2.00 bits per heavy atom. The van der Waals surface area contributed by atoms with Crippen molar-refractivity contribution in [2.45, 2.75) is 25.6 Å². The normalized spacial score (nSPS) is 17.4. The van der Waals surface area contributed by atoms with Crippen LogP contribution in [0.4, 0.5) is 13.2 Å². The lowest BCUT2D eigenvalue weighted by molar-refractivity contribution is -0.153. The Bertz CT molecular complexity index is 488. The van der Waals surface area contributed by atoms with E-state index in [-0.39, 0.29) is 24.1 Å². The Morgan fingerprint density at radius 3 is 2.57 bits per heavy atom. The Kier molecular flexibility index (Phi) is 7.64. The summed E-state index contributed by atoms with van der Waals surface area (Å²) in [5.74, 6) is 0.536. The maximum Gasteiger partial charge on any atom is 0.422 e. The number of halogens is 4. The fourth-order valence-electron chi connectivity index (χ4n) is 2.29. The van der Waals surface area contributed by atoms with Crippen LogP contribution in [0.25, 0.3) is 0 Å². The molecule has 0 aliphatic carbocycles. The third-order valence-corrected chi connectivity index (χ3v) is 3.45. The molecular weight excluding hydrogens is 333 g/mol. The number of nitrogens with one attached hydrogen (secondary N) is 2. The van der Waals surface area contributed by atoms with Crippen LogP contribution in [-0.4, -0.2) is 31.8 Å². The van der Waals surface area contributed by atoms with Crippen molar-refractivity contribution in [2.75, 3.05) is 19.7 Å². The van der Waals surface area contributed by atoms with Crippen LogP contribution >= 0.6 is 12.4 Å². The molecule has 0 saturated carbocycles. The molecule has 23 heavy (non-hydrogen) atoms. The summed E-state index contributed by atoms with van der Waals surface area (Å²) in [6.07, 6.45) is -2.83. The second-order valence-electron chi connectivity index (χ2n) is 5.39. The third-order valence-electron chi connectivity index (χ3n) is 3.45. The molecule has 1 aromatic carbocycles. The topological polar surface area (TPSA) is 50.4 Å². The highest BCUT2D eigenvalue weighted by Crippen LogP contribution is 2.19. The number of amides is 1. The van der Waals surface area contributed by atoms with Crippen molar-refractivity contribution in [1.29, 1.82) is 0 Å². The molecule has 0 aromatic heterocycles. The first-order valence-corrected chi connectivity index (χ1v) is 7.18. The van der Waals surface area contributed by atoms with Gasteiger partial charge in [0.2, 0.25) is 5.91 Å². The highest BCUT2D eigenvalue weighted by molar-refractivity contribution is 5.85. The summed E-state index contributed by atoms with van der Waals surface area (Å²) in [5, 5.41) is 6.02. The van der Waals surface area contributed by atoms with Crippen molar-refractivity contribution in [2.24, 2.45) is 5.92 Å². The van der Waals surface area contributed by atoms with Gasteiger partial charge < -0.3 is 15.4 Å². The van der Waals surface area contributed by atoms with Crippen molar-refractivity contribution in [3.05, 3.63) is 29.8 Å². The van der Waals surface area contributed by atoms with E-state index in [1.54, 1.807) is 12.1 Å². The first-order valence-electron chi connectivity index (χ1n) is 7.18. The van der Waals surface area contributed by atoms with Gasteiger partial charge >= 0.3 is 6.18 Å². The molecule has 8 heteroatoms. The monoisotopic (exact) mass is 352 g/mol. The minimum absolute atomic E-state index is 0. The average molecular weight is 353 g/mol. The summed E-state index contributed by atoms with van der Waals surface area (Å²) < 4.78 is 40.7. The minimum atomic E-state index is -4.35. The second kappa shape index (κ2) is 8.98. The van der Waals surface area contributed by atoms with E-state index in [1.165, 1.54) is 12.1 Å². The Balaban J connectivity index is 0.00000264. The number of benzene rings is 1. The van der Waals surface area contributed by atoms with Crippen molar-refractivity contribution in [3.8, 4) is 5.75 Å². The van der Waals surface area contributed by atoms with Crippen LogP contribution in [0.5, 0.6) is 5.75 Å². The summed E-state index contributed by atoms with van der Waals surface area (Å²) >= 11 is 0. The predicted molar refractivity (Wildman–Crippen MR) is 82.7 cm³/mol. The number of ether oxygens (including phenoxy) is 1. The Hall–Kier alpha value is -1.47. The van der Waals surface area contributed by atoms with E-state index < -0.39 is 12.8 Å². The molecule has 130 valence electrons. The predicted octanol–water partition coefficient (Wildman–Crippen LogP) is 2.67. The largest absolute Gasteiger partial charge is 0.484 e. The molecule has 1 atom stereocenters. The average Bonchev–Trinajstić information content (AvgIpc) is 2.96. The molecule has 4 nitrogen and oxygen atoms in total. The third kappa shape index (κ3) is 7.56. The van der Waals surface area contributed by atoms with Gasteiger partial charge in [0.15, 0.2) is 6.61 Å². The molecule has 0 bridgehead atoms. The number of carbonyl (C=O) groups is 1. The molecule has 1 aliphatic rings. The van der Waals surface area contributed by atoms with Gasteiger partial charge in [0.05, 0.1) is 0 Å². The zero-order valence-corrected chi connectivity index (χ0v) is 13.3. The summed E-state index contributed by atoms with van der Waals surface area (Å²) in [4.78, 5) is 11.8. The van der Waals surface area contributed by atoms with Crippen LogP contribution in [0.2, 0.25) is 0 Å². The van der Waals surface area contributed by atoms with Gasteiger partial charge in [-0.2, -0.15) is 13.2 Å². The van der Waals surface area contributed by atoms with E-state index in [1.807, 2.05) is 0 Å². The Morgan fingerprint density at radius 1 is 1.30 bits per heavy atom. The van der Waals surface area contributed by atoms with Gasteiger partial charge in [-0.05, 0) is 43.1 Å². The number of hydrogen-bond donors (Lipinski definition) is 2. The SMILES string of the molecule is Cl.O=C(CC1CCNC1)NCc1ccc(OCC(F)(F)F)cc1. The van der Waals surface area contributed by atoms with E-state index in [0.29, 0.717) is 18.9 Å². The maximum absolute atomic E-state index is 12.0. The molecule has 1 amide bonds. The first-order chi connectivity index (χ1) is 10.4. The highest BCUT2D eigenvalue weighted by atomic mass is 35.5. The van der Waals surface area contributed by atoms with Crippen LogP contribution in [-0.2, 0) is 11.3 Å². The van der Waals surface area contributed by atoms with Gasteiger partial charge in [-0.3, -0.25) is 4.79 Å². The standard InChI is InChI=1S/C15H19F3N2O2.ClH/c16-15(17,18)10-22-13-3-1-11(2-4-13)9-20-14(21)7-12-5-6-19-8-12;/h1-4,12,19H,5-10H2,(H,20,21);1H. The molecular formula is C15H20ClF3N2O2. The summed E-state index contributed by atoms with van der Waals surface area (Å²) in [6, 6.07) is 6.22. The zero-order valence-electron chi connectivity index (χ0n) is 12.5. The first kappa shape index (κ1) is 19.6. The lowest BCUT2D eigenvalue weighted by Crippen LogP contribution is -2.25. The fraction of sp³-hybridized carbons (Fsp3) is 0.533. The van der Waals surface area contributed by atoms with E-state index in [0.717, 1.165) is 25.1 Å². The molecule has 1 aromatic rings. The number of alkyl halides is 3. The second-order valence-corrected chi connectivity index (χ2v) is 5.39. The van der Waals surface area contributed by atoms with Gasteiger partial charge in [-0.25, -0.2) is 0 Å². The molecule has 2 N–H and O–H groups in total. The van der Waals surface area contributed by atoms with Crippen molar-refractivity contribution < 1.29 is 22.7 Å². The molecule has 0 spiro atoms. The van der Waals surface area contributed by atoms with E-state index >= 15 is 0 Å². The lowest BCUT2D eigenvalue weighted by Gasteiger charge is -2.11. The van der Waals surface area contributed by atoms with Crippen LogP contribution in [0.15, 0.2) is 24.3 Å².